The van der Waals surface area contributed by atoms with Crippen LogP contribution in [0.3, 0.4) is 0 Å². The van der Waals surface area contributed by atoms with Crippen LogP contribution >= 0.6 is 0 Å². The molecule has 0 aromatic carbocycles. The fourth-order valence-electron chi connectivity index (χ4n) is 7.91. The molecule has 19 heteroatoms. The molecule has 0 aliphatic carbocycles. The maximum Gasteiger partial charge on any atom is 0.308 e. The fourth-order valence-corrected chi connectivity index (χ4v) is 7.91. The number of rotatable bonds is 5. The molecular formula is C48H77N3O16. The van der Waals surface area contributed by atoms with E-state index in [9.17, 15) is 60.7 Å². The standard InChI is InChI=1S/C48H77N3O16/c1-29-16-14-12-10-8-6-4-5-7-9-11-13-15-17-35(66-47-45(61)44(50)40(59)28-64-47)24-41-43(46(62)51-30(2)27-49)39(58)26-48(63,67-41)25-34(54)22-38(57)36(55)19-18-32(52)21-33(53)23-42(60)65-31(3)20-37(29)56/h4-17,29-41,43-45,47,52-59,61,63H,18-28,49-50H2,1-3H3,(H,51,62)/b5-4+,8-6+,9-7+,12-10+,13-11+,16-14+,17-15+/t29-,30?,31-,32+,33?,34?,35?,36?,37-,38?,39-,40+,41-,43?,44-,45-,47-,48?/m0/s1. The van der Waals surface area contributed by atoms with E-state index in [1.54, 1.807) is 68.5 Å². The second-order valence-corrected chi connectivity index (χ2v) is 18.0. The number of aliphatic hydroxyl groups excluding tert-OH is 9. The van der Waals surface area contributed by atoms with Crippen LogP contribution in [0.15, 0.2) is 85.1 Å². The summed E-state index contributed by atoms with van der Waals surface area (Å²) in [5, 5.41) is 111. The summed E-state index contributed by atoms with van der Waals surface area (Å²) < 4.78 is 23.2. The Morgan fingerprint density at radius 2 is 1.34 bits per heavy atom. The molecule has 2 fully saturated rings. The minimum atomic E-state index is -2.27. The van der Waals surface area contributed by atoms with Gasteiger partial charge in [-0.1, -0.05) is 92.0 Å². The van der Waals surface area contributed by atoms with Gasteiger partial charge in [-0.05, 0) is 33.1 Å². The van der Waals surface area contributed by atoms with Gasteiger partial charge < -0.3 is 86.8 Å². The first kappa shape index (κ1) is 57.8. The zero-order valence-corrected chi connectivity index (χ0v) is 38.8. The Labute approximate surface area is 393 Å². The first-order valence-corrected chi connectivity index (χ1v) is 23.1. The number of aliphatic hydroxyl groups is 10. The van der Waals surface area contributed by atoms with Crippen LogP contribution in [0.2, 0.25) is 0 Å². The summed E-state index contributed by atoms with van der Waals surface area (Å²) in [5.41, 5.74) is 11.8. The maximum atomic E-state index is 13.7. The molecule has 8 unspecified atom stereocenters. The summed E-state index contributed by atoms with van der Waals surface area (Å²) in [6, 6.07) is -1.61. The van der Waals surface area contributed by atoms with Crippen molar-refractivity contribution in [3.63, 3.8) is 0 Å². The van der Waals surface area contributed by atoms with Gasteiger partial charge in [-0.2, -0.15) is 0 Å². The molecule has 0 aromatic rings. The van der Waals surface area contributed by atoms with Gasteiger partial charge in [0.1, 0.15) is 12.2 Å². The average Bonchev–Trinajstić information content (AvgIpc) is 3.24. The van der Waals surface area contributed by atoms with E-state index in [4.69, 9.17) is 30.4 Å². The predicted molar refractivity (Wildman–Crippen MR) is 247 cm³/mol. The van der Waals surface area contributed by atoms with Gasteiger partial charge in [0.05, 0.1) is 86.0 Å². The lowest BCUT2D eigenvalue weighted by atomic mass is 9.82. The highest BCUT2D eigenvalue weighted by Gasteiger charge is 2.50. The second kappa shape index (κ2) is 29.5. The number of amides is 1. The van der Waals surface area contributed by atoms with E-state index in [2.05, 4.69) is 5.32 Å². The molecule has 0 saturated carbocycles. The Kier molecular flexibility index (Phi) is 25.5. The van der Waals surface area contributed by atoms with Gasteiger partial charge in [-0.25, -0.2) is 0 Å². The number of hydrogen-bond donors (Lipinski definition) is 13. The number of fused-ring (bicyclic) bond motifs is 2. The van der Waals surface area contributed by atoms with Crippen molar-refractivity contribution in [2.24, 2.45) is 23.3 Å². The summed E-state index contributed by atoms with van der Waals surface area (Å²) in [6.07, 6.45) is 5.71. The number of hydrogen-bond acceptors (Lipinski definition) is 18. The van der Waals surface area contributed by atoms with Crippen molar-refractivity contribution in [2.45, 2.75) is 176 Å². The molecule has 3 heterocycles. The van der Waals surface area contributed by atoms with Crippen molar-refractivity contribution in [2.75, 3.05) is 13.2 Å². The van der Waals surface area contributed by atoms with Crippen LogP contribution < -0.4 is 16.8 Å². The molecule has 15 N–H and O–H groups in total. The number of allylic oxidation sites excluding steroid dienone is 12. The van der Waals surface area contributed by atoms with E-state index in [1.165, 1.54) is 0 Å². The van der Waals surface area contributed by atoms with E-state index in [1.807, 2.05) is 37.3 Å². The summed E-state index contributed by atoms with van der Waals surface area (Å²) in [4.78, 5) is 26.2. The lowest BCUT2D eigenvalue weighted by Crippen LogP contribution is -2.60. The number of esters is 1. The molecule has 3 aliphatic rings. The lowest BCUT2D eigenvalue weighted by Gasteiger charge is -2.46. The normalized spacial score (nSPS) is 42.7. The number of cyclic esters (lactones) is 1. The van der Waals surface area contributed by atoms with Crippen LogP contribution in [-0.4, -0.2) is 174 Å². The molecule has 3 rings (SSSR count). The molecule has 0 radical (unpaired) electrons. The monoisotopic (exact) mass is 952 g/mol. The molecule has 18 atom stereocenters. The summed E-state index contributed by atoms with van der Waals surface area (Å²) >= 11 is 0. The number of carbonyl (C=O) groups excluding carboxylic acids is 2. The van der Waals surface area contributed by atoms with E-state index in [0.717, 1.165) is 0 Å². The van der Waals surface area contributed by atoms with Crippen LogP contribution in [0.25, 0.3) is 0 Å². The van der Waals surface area contributed by atoms with Crippen LogP contribution in [0.1, 0.15) is 78.6 Å². The van der Waals surface area contributed by atoms with Gasteiger partial charge >= 0.3 is 5.97 Å². The van der Waals surface area contributed by atoms with Crippen LogP contribution in [0.4, 0.5) is 0 Å². The molecule has 2 saturated heterocycles. The minimum Gasteiger partial charge on any atom is -0.462 e. The van der Waals surface area contributed by atoms with Crippen molar-refractivity contribution in [1.82, 2.24) is 5.32 Å². The van der Waals surface area contributed by atoms with Gasteiger partial charge in [-0.3, -0.25) is 9.59 Å². The summed E-state index contributed by atoms with van der Waals surface area (Å²) in [5.74, 6) is -5.19. The van der Waals surface area contributed by atoms with Gasteiger partial charge in [0.2, 0.25) is 5.91 Å². The minimum absolute atomic E-state index is 0.0769. The van der Waals surface area contributed by atoms with Crippen molar-refractivity contribution in [1.29, 1.82) is 0 Å². The Morgan fingerprint density at radius 1 is 0.746 bits per heavy atom. The zero-order valence-electron chi connectivity index (χ0n) is 38.8. The fraction of sp³-hybridized carbons (Fsp3) is 0.667. The summed E-state index contributed by atoms with van der Waals surface area (Å²) in [7, 11) is 0. The van der Waals surface area contributed by atoms with Gasteiger partial charge in [-0.15, -0.1) is 0 Å². The van der Waals surface area contributed by atoms with E-state index in [-0.39, 0.29) is 51.2 Å². The van der Waals surface area contributed by atoms with Crippen LogP contribution in [-0.2, 0) is 28.5 Å². The Bertz CT molecular complexity index is 1690. The molecule has 380 valence electrons. The third-order valence-corrected chi connectivity index (χ3v) is 11.8. The third kappa shape index (κ3) is 21.0. The van der Waals surface area contributed by atoms with Crippen molar-refractivity contribution >= 4 is 11.9 Å². The van der Waals surface area contributed by atoms with Gasteiger partial charge in [0.15, 0.2) is 12.1 Å². The Morgan fingerprint density at radius 3 is 1.96 bits per heavy atom. The topological polar surface area (TPSA) is 337 Å². The first-order chi connectivity index (χ1) is 31.7. The highest BCUT2D eigenvalue weighted by atomic mass is 16.7. The number of carbonyl (C=O) groups is 2. The van der Waals surface area contributed by atoms with E-state index in [0.29, 0.717) is 0 Å². The largest absolute Gasteiger partial charge is 0.462 e. The first-order valence-electron chi connectivity index (χ1n) is 23.1. The molecule has 67 heavy (non-hydrogen) atoms. The molecule has 3 aliphatic heterocycles. The average molecular weight is 952 g/mol. The Balaban J connectivity index is 1.90. The third-order valence-electron chi connectivity index (χ3n) is 11.8. The van der Waals surface area contributed by atoms with Crippen LogP contribution in [0, 0.1) is 11.8 Å². The molecule has 2 bridgehead atoms. The zero-order chi connectivity index (χ0) is 49.7. The van der Waals surface area contributed by atoms with Crippen molar-refractivity contribution in [3.8, 4) is 0 Å². The highest BCUT2D eigenvalue weighted by Crippen LogP contribution is 2.38. The van der Waals surface area contributed by atoms with Crippen LogP contribution in [0.5, 0.6) is 0 Å². The number of ether oxygens (including phenoxy) is 4. The SMILES string of the molecule is CC(CN)NC(=O)C1[C@@H]2CC(O[C@@H]3OC[C@@H](O)[C@H](N)[C@@H]3O)/C=C/C=C/C=C/C=C/C=C/C=C/C=C/[C@H](C)[C@@H](O)C[C@H](C)OC(=O)CC(O)C[C@H](O)CCC(O)C(O)CC(O)CC(O)(C[C@@H]1O)O2. The lowest BCUT2D eigenvalue weighted by molar-refractivity contribution is -0.304. The second-order valence-electron chi connectivity index (χ2n) is 18.0. The van der Waals surface area contributed by atoms with Crippen molar-refractivity contribution < 1.29 is 79.6 Å². The van der Waals surface area contributed by atoms with Crippen molar-refractivity contribution in [3.05, 3.63) is 85.1 Å². The summed E-state index contributed by atoms with van der Waals surface area (Å²) in [6.45, 7) is 4.94. The maximum absolute atomic E-state index is 13.7. The van der Waals surface area contributed by atoms with E-state index < -0.39 is 141 Å². The van der Waals surface area contributed by atoms with Gasteiger partial charge in [0.25, 0.3) is 0 Å². The van der Waals surface area contributed by atoms with Gasteiger partial charge in [0, 0.05) is 50.6 Å². The quantitative estimate of drug-likeness (QED) is 0.154. The Hall–Kier alpha value is -3.48. The number of nitrogens with one attached hydrogen (secondary N) is 1. The number of nitrogens with two attached hydrogens (primary N) is 2. The molecule has 0 spiro atoms. The molecule has 1 amide bonds. The smallest absolute Gasteiger partial charge is 0.308 e. The van der Waals surface area contributed by atoms with E-state index >= 15 is 0 Å². The molecular weight excluding hydrogens is 875 g/mol. The molecule has 19 nitrogen and oxygen atoms in total. The highest BCUT2D eigenvalue weighted by molar-refractivity contribution is 5.80. The molecule has 0 aromatic heterocycles. The predicted octanol–water partition coefficient (Wildman–Crippen LogP) is -0.544.